The number of alkyl halides is 1. The minimum absolute atomic E-state index is 0.287. The second-order valence-corrected chi connectivity index (χ2v) is 6.76. The van der Waals surface area contributed by atoms with E-state index in [1.165, 1.54) is 0 Å². The average molecular weight is 375 g/mol. The minimum atomic E-state index is -1.00. The fourth-order valence-corrected chi connectivity index (χ4v) is 2.61. The molecule has 0 aliphatic rings. The van der Waals surface area contributed by atoms with Crippen LogP contribution in [-0.2, 0) is 4.79 Å². The number of benzene rings is 1. The SMILES string of the molecule is Nc1nc(SC(Br)C(=O)O)ncc1-c1ccc(Cl)cc1. The van der Waals surface area contributed by atoms with Gasteiger partial charge in [0.05, 0.1) is 0 Å². The second kappa shape index (κ2) is 6.43. The molecule has 104 valence electrons. The molecule has 20 heavy (non-hydrogen) atoms. The molecule has 8 heteroatoms. The largest absolute Gasteiger partial charge is 0.480 e. The van der Waals surface area contributed by atoms with Crippen molar-refractivity contribution in [1.29, 1.82) is 0 Å². The van der Waals surface area contributed by atoms with Crippen LogP contribution in [0, 0.1) is 0 Å². The molecule has 1 aromatic heterocycles. The number of nitrogens with two attached hydrogens (primary N) is 1. The smallest absolute Gasteiger partial charge is 0.328 e. The van der Waals surface area contributed by atoms with Crippen LogP contribution in [0.15, 0.2) is 35.6 Å². The van der Waals surface area contributed by atoms with E-state index in [-0.39, 0.29) is 5.82 Å². The van der Waals surface area contributed by atoms with E-state index in [4.69, 9.17) is 22.4 Å². The van der Waals surface area contributed by atoms with Gasteiger partial charge in [0.15, 0.2) is 9.32 Å². The van der Waals surface area contributed by atoms with Crippen molar-refractivity contribution < 1.29 is 9.90 Å². The Kier molecular flexibility index (Phi) is 4.85. The van der Waals surface area contributed by atoms with Crippen molar-refractivity contribution >= 4 is 51.1 Å². The number of rotatable bonds is 4. The molecule has 2 rings (SSSR count). The van der Waals surface area contributed by atoms with Crippen molar-refractivity contribution in [3.05, 3.63) is 35.5 Å². The predicted octanol–water partition coefficient (Wildman–Crippen LogP) is 3.28. The number of halogens is 2. The van der Waals surface area contributed by atoms with Crippen LogP contribution >= 0.6 is 39.3 Å². The van der Waals surface area contributed by atoms with Gasteiger partial charge >= 0.3 is 5.97 Å². The maximum atomic E-state index is 10.7. The van der Waals surface area contributed by atoms with Crippen LogP contribution in [0.5, 0.6) is 0 Å². The van der Waals surface area contributed by atoms with Crippen molar-refractivity contribution in [2.45, 2.75) is 9.32 Å². The van der Waals surface area contributed by atoms with Gasteiger partial charge in [0, 0.05) is 16.8 Å². The highest BCUT2D eigenvalue weighted by Gasteiger charge is 2.17. The lowest BCUT2D eigenvalue weighted by Crippen LogP contribution is -2.09. The van der Waals surface area contributed by atoms with Crippen LogP contribution < -0.4 is 5.73 Å². The summed E-state index contributed by atoms with van der Waals surface area (Å²) in [4.78, 5) is 18.9. The first kappa shape index (κ1) is 15.1. The summed E-state index contributed by atoms with van der Waals surface area (Å²) >= 11 is 9.79. The molecule has 5 nitrogen and oxygen atoms in total. The molecule has 2 aromatic rings. The average Bonchev–Trinajstić information content (AvgIpc) is 2.40. The highest BCUT2D eigenvalue weighted by Crippen LogP contribution is 2.29. The third-order valence-electron chi connectivity index (χ3n) is 2.35. The molecule has 1 aromatic carbocycles. The van der Waals surface area contributed by atoms with E-state index in [1.807, 2.05) is 12.1 Å². The number of aromatic nitrogens is 2. The summed E-state index contributed by atoms with van der Waals surface area (Å²) < 4.78 is -0.816. The van der Waals surface area contributed by atoms with E-state index < -0.39 is 10.1 Å². The van der Waals surface area contributed by atoms with Gasteiger partial charge in [-0.3, -0.25) is 4.79 Å². The topological polar surface area (TPSA) is 89.1 Å². The van der Waals surface area contributed by atoms with E-state index >= 15 is 0 Å². The molecular weight excluding hydrogens is 366 g/mol. The van der Waals surface area contributed by atoms with E-state index in [1.54, 1.807) is 18.3 Å². The number of aliphatic carboxylic acids is 1. The third kappa shape index (κ3) is 3.62. The van der Waals surface area contributed by atoms with Crippen LogP contribution in [0.25, 0.3) is 11.1 Å². The Balaban J connectivity index is 2.26. The maximum absolute atomic E-state index is 10.7. The molecule has 0 saturated heterocycles. The van der Waals surface area contributed by atoms with Crippen LogP contribution in [0.3, 0.4) is 0 Å². The number of carboxylic acids is 1. The predicted molar refractivity (Wildman–Crippen MR) is 83.1 cm³/mol. The van der Waals surface area contributed by atoms with Gasteiger partial charge in [0.25, 0.3) is 0 Å². The third-order valence-corrected chi connectivity index (χ3v) is 4.37. The van der Waals surface area contributed by atoms with E-state index in [0.29, 0.717) is 15.7 Å². The molecule has 0 radical (unpaired) electrons. The van der Waals surface area contributed by atoms with Crippen LogP contribution in [0.1, 0.15) is 0 Å². The summed E-state index contributed by atoms with van der Waals surface area (Å²) in [6.45, 7) is 0. The molecule has 1 atom stereocenters. The molecular formula is C12H9BrClN3O2S. The summed E-state index contributed by atoms with van der Waals surface area (Å²) in [5.41, 5.74) is 7.40. The lowest BCUT2D eigenvalue weighted by molar-refractivity contribution is -0.134. The fourth-order valence-electron chi connectivity index (χ4n) is 1.43. The zero-order valence-electron chi connectivity index (χ0n) is 9.96. The van der Waals surface area contributed by atoms with Gasteiger partial charge in [-0.2, -0.15) is 0 Å². The zero-order chi connectivity index (χ0) is 14.7. The van der Waals surface area contributed by atoms with Crippen molar-refractivity contribution in [3.63, 3.8) is 0 Å². The quantitative estimate of drug-likeness (QED) is 0.485. The van der Waals surface area contributed by atoms with Crippen LogP contribution in [0.2, 0.25) is 5.02 Å². The van der Waals surface area contributed by atoms with Gasteiger partial charge in [-0.15, -0.1) is 0 Å². The fraction of sp³-hybridized carbons (Fsp3) is 0.0833. The van der Waals surface area contributed by atoms with Gasteiger partial charge < -0.3 is 10.8 Å². The lowest BCUT2D eigenvalue weighted by Gasteiger charge is -2.07. The highest BCUT2D eigenvalue weighted by atomic mass is 79.9. The molecule has 0 fully saturated rings. The Morgan fingerprint density at radius 3 is 2.60 bits per heavy atom. The Hall–Kier alpha value is -1.31. The normalized spacial score (nSPS) is 12.1. The molecule has 0 saturated carbocycles. The van der Waals surface area contributed by atoms with Crippen molar-refractivity contribution in [2.75, 3.05) is 5.73 Å². The number of hydrogen-bond donors (Lipinski definition) is 2. The first-order chi connectivity index (χ1) is 9.47. The van der Waals surface area contributed by atoms with Crippen molar-refractivity contribution in [2.24, 2.45) is 0 Å². The summed E-state index contributed by atoms with van der Waals surface area (Å²) in [6.07, 6.45) is 1.56. The van der Waals surface area contributed by atoms with Gasteiger partial charge in [0.2, 0.25) is 0 Å². The number of carbonyl (C=O) groups is 1. The summed E-state index contributed by atoms with van der Waals surface area (Å²) in [7, 11) is 0. The summed E-state index contributed by atoms with van der Waals surface area (Å²) in [5.74, 6) is -0.714. The van der Waals surface area contributed by atoms with Crippen molar-refractivity contribution in [3.8, 4) is 11.1 Å². The molecule has 0 bridgehead atoms. The number of nitrogen functional groups attached to an aromatic ring is 1. The Morgan fingerprint density at radius 2 is 2.05 bits per heavy atom. The first-order valence-corrected chi connectivity index (χ1v) is 7.56. The second-order valence-electron chi connectivity index (χ2n) is 3.73. The van der Waals surface area contributed by atoms with E-state index in [9.17, 15) is 4.79 Å². The van der Waals surface area contributed by atoms with E-state index in [2.05, 4.69) is 25.9 Å². The standard InChI is InChI=1S/C12H9BrClN3O2S/c13-9(11(18)19)20-12-16-5-8(10(15)17-12)6-1-3-7(14)4-2-6/h1-5,9H,(H,18,19)(H2,15,16,17). The lowest BCUT2D eigenvalue weighted by atomic mass is 10.1. The molecule has 1 unspecified atom stereocenters. The molecule has 0 aliphatic carbocycles. The summed E-state index contributed by atoms with van der Waals surface area (Å²) in [6, 6.07) is 7.12. The molecule has 1 heterocycles. The molecule has 3 N–H and O–H groups in total. The number of anilines is 1. The first-order valence-electron chi connectivity index (χ1n) is 5.39. The highest BCUT2D eigenvalue weighted by molar-refractivity contribution is 9.11. The van der Waals surface area contributed by atoms with Crippen molar-refractivity contribution in [1.82, 2.24) is 9.97 Å². The zero-order valence-corrected chi connectivity index (χ0v) is 13.1. The monoisotopic (exact) mass is 373 g/mol. The van der Waals surface area contributed by atoms with Gasteiger partial charge in [-0.25, -0.2) is 9.97 Å². The minimum Gasteiger partial charge on any atom is -0.480 e. The molecule has 0 spiro atoms. The maximum Gasteiger partial charge on any atom is 0.328 e. The van der Waals surface area contributed by atoms with Gasteiger partial charge in [-0.05, 0) is 17.7 Å². The number of nitrogens with zero attached hydrogens (tertiary/aromatic N) is 2. The molecule has 0 amide bonds. The Morgan fingerprint density at radius 1 is 1.40 bits per heavy atom. The Bertz CT molecular complexity index is 639. The number of hydrogen-bond acceptors (Lipinski definition) is 5. The van der Waals surface area contributed by atoms with Gasteiger partial charge in [0.1, 0.15) is 5.82 Å². The van der Waals surface area contributed by atoms with Crippen LogP contribution in [-0.4, -0.2) is 25.2 Å². The van der Waals surface area contributed by atoms with Crippen LogP contribution in [0.4, 0.5) is 5.82 Å². The van der Waals surface area contributed by atoms with E-state index in [0.717, 1.165) is 17.3 Å². The summed E-state index contributed by atoms with van der Waals surface area (Å²) in [5, 5.41) is 9.73. The molecule has 0 aliphatic heterocycles. The number of thioether (sulfide) groups is 1. The van der Waals surface area contributed by atoms with Gasteiger partial charge in [-0.1, -0.05) is 51.4 Å². The Labute approximate surface area is 132 Å². The number of carboxylic acid groups (broad SMARTS) is 1.